The van der Waals surface area contributed by atoms with Gasteiger partial charge in [0.25, 0.3) is 5.91 Å². The average Bonchev–Trinajstić information content (AvgIpc) is 2.90. The van der Waals surface area contributed by atoms with Crippen molar-refractivity contribution in [2.24, 2.45) is 0 Å². The van der Waals surface area contributed by atoms with Crippen molar-refractivity contribution in [3.05, 3.63) is 68.8 Å². The van der Waals surface area contributed by atoms with Crippen LogP contribution >= 0.6 is 39.9 Å². The number of rotatable bonds is 6. The molecule has 0 radical (unpaired) electrons. The zero-order valence-electron chi connectivity index (χ0n) is 14.6. The first kappa shape index (κ1) is 20.0. The summed E-state index contributed by atoms with van der Waals surface area (Å²) in [6.45, 7) is 2.72. The van der Waals surface area contributed by atoms with Crippen molar-refractivity contribution in [2.75, 3.05) is 6.54 Å². The van der Waals surface area contributed by atoms with E-state index in [1.807, 2.05) is 19.1 Å². The molecule has 0 unspecified atom stereocenters. The molecule has 140 valence electrons. The summed E-state index contributed by atoms with van der Waals surface area (Å²) in [6, 6.07) is 12.0. The first-order valence-electron chi connectivity index (χ1n) is 8.40. The SMILES string of the molecule is CCCN1C(=O)/C(=C\c2cc(Br)ccc2OCc2ccccc2F)SC1=S. The predicted molar refractivity (Wildman–Crippen MR) is 115 cm³/mol. The van der Waals surface area contributed by atoms with Gasteiger partial charge in [-0.3, -0.25) is 9.69 Å². The number of nitrogens with zero attached hydrogens (tertiary/aromatic N) is 1. The van der Waals surface area contributed by atoms with Gasteiger partial charge in [0.15, 0.2) is 0 Å². The molecule has 1 saturated heterocycles. The Morgan fingerprint density at radius 2 is 2.07 bits per heavy atom. The highest BCUT2D eigenvalue weighted by molar-refractivity contribution is 9.10. The Labute approximate surface area is 175 Å². The van der Waals surface area contributed by atoms with Gasteiger partial charge >= 0.3 is 0 Å². The molecular weight excluding hydrogens is 449 g/mol. The van der Waals surface area contributed by atoms with E-state index in [1.165, 1.54) is 17.8 Å². The molecule has 1 fully saturated rings. The fourth-order valence-corrected chi connectivity index (χ4v) is 4.27. The van der Waals surface area contributed by atoms with E-state index in [1.54, 1.807) is 35.2 Å². The van der Waals surface area contributed by atoms with E-state index in [4.69, 9.17) is 17.0 Å². The third-order valence-electron chi connectivity index (χ3n) is 3.92. The van der Waals surface area contributed by atoms with Crippen LogP contribution in [0.15, 0.2) is 51.8 Å². The van der Waals surface area contributed by atoms with Crippen molar-refractivity contribution < 1.29 is 13.9 Å². The minimum absolute atomic E-state index is 0.0909. The molecule has 0 N–H and O–H groups in total. The number of hydrogen-bond acceptors (Lipinski definition) is 4. The van der Waals surface area contributed by atoms with Gasteiger partial charge in [-0.25, -0.2) is 4.39 Å². The van der Waals surface area contributed by atoms with Gasteiger partial charge < -0.3 is 4.74 Å². The van der Waals surface area contributed by atoms with Crippen LogP contribution < -0.4 is 4.74 Å². The van der Waals surface area contributed by atoms with Crippen molar-refractivity contribution in [1.82, 2.24) is 4.90 Å². The number of thiocarbonyl (C=S) groups is 1. The van der Waals surface area contributed by atoms with Crippen LogP contribution in [0.25, 0.3) is 6.08 Å². The van der Waals surface area contributed by atoms with Crippen molar-refractivity contribution in [3.8, 4) is 5.75 Å². The Morgan fingerprint density at radius 3 is 2.81 bits per heavy atom. The Kier molecular flexibility index (Phi) is 6.68. The molecule has 3 rings (SSSR count). The highest BCUT2D eigenvalue weighted by atomic mass is 79.9. The molecule has 0 aromatic heterocycles. The summed E-state index contributed by atoms with van der Waals surface area (Å²) in [6.07, 6.45) is 2.62. The fourth-order valence-electron chi connectivity index (χ4n) is 2.59. The van der Waals surface area contributed by atoms with Gasteiger partial charge in [-0.2, -0.15) is 0 Å². The Hall–Kier alpha value is -1.70. The second-order valence-corrected chi connectivity index (χ2v) is 8.49. The van der Waals surface area contributed by atoms with Crippen LogP contribution in [0, 0.1) is 5.82 Å². The molecule has 0 bridgehead atoms. The van der Waals surface area contributed by atoms with Crippen LogP contribution in [0.5, 0.6) is 5.75 Å². The molecule has 1 heterocycles. The molecule has 1 aliphatic heterocycles. The molecular formula is C20H17BrFNO2S2. The molecule has 27 heavy (non-hydrogen) atoms. The van der Waals surface area contributed by atoms with Gasteiger partial charge in [0, 0.05) is 22.1 Å². The van der Waals surface area contributed by atoms with Crippen molar-refractivity contribution in [2.45, 2.75) is 20.0 Å². The van der Waals surface area contributed by atoms with Gasteiger partial charge in [-0.1, -0.05) is 65.0 Å². The molecule has 2 aromatic carbocycles. The number of carbonyl (C=O) groups is 1. The average molecular weight is 466 g/mol. The quantitative estimate of drug-likeness (QED) is 0.399. The zero-order valence-corrected chi connectivity index (χ0v) is 17.8. The lowest BCUT2D eigenvalue weighted by Gasteiger charge is -2.12. The molecule has 0 atom stereocenters. The summed E-state index contributed by atoms with van der Waals surface area (Å²) in [7, 11) is 0. The van der Waals surface area contributed by atoms with Crippen molar-refractivity contribution >= 4 is 56.2 Å². The molecule has 2 aromatic rings. The van der Waals surface area contributed by atoms with Crippen LogP contribution in [-0.2, 0) is 11.4 Å². The lowest BCUT2D eigenvalue weighted by Crippen LogP contribution is -2.28. The number of halogens is 2. The molecule has 1 aliphatic rings. The second-order valence-electron chi connectivity index (χ2n) is 5.90. The summed E-state index contributed by atoms with van der Waals surface area (Å²) < 4.78 is 21.1. The Balaban J connectivity index is 1.85. The van der Waals surface area contributed by atoms with Crippen LogP contribution in [0.2, 0.25) is 0 Å². The summed E-state index contributed by atoms with van der Waals surface area (Å²) >= 11 is 10.0. The minimum Gasteiger partial charge on any atom is -0.488 e. The smallest absolute Gasteiger partial charge is 0.266 e. The topological polar surface area (TPSA) is 29.5 Å². The molecule has 0 spiro atoms. The maximum atomic E-state index is 13.8. The van der Waals surface area contributed by atoms with Gasteiger partial charge in [0.05, 0.1) is 4.91 Å². The van der Waals surface area contributed by atoms with Crippen LogP contribution in [0.3, 0.4) is 0 Å². The van der Waals surface area contributed by atoms with E-state index >= 15 is 0 Å². The lowest BCUT2D eigenvalue weighted by atomic mass is 10.1. The predicted octanol–water partition coefficient (Wildman–Crippen LogP) is 5.78. The van der Waals surface area contributed by atoms with E-state index in [-0.39, 0.29) is 18.3 Å². The summed E-state index contributed by atoms with van der Waals surface area (Å²) in [5, 5.41) is 0. The van der Waals surface area contributed by atoms with E-state index in [0.717, 1.165) is 16.5 Å². The number of thioether (sulfide) groups is 1. The van der Waals surface area contributed by atoms with Gasteiger partial charge in [0.1, 0.15) is 22.5 Å². The van der Waals surface area contributed by atoms with E-state index in [0.29, 0.717) is 27.1 Å². The van der Waals surface area contributed by atoms with E-state index in [2.05, 4.69) is 15.9 Å². The molecule has 0 aliphatic carbocycles. The Bertz CT molecular complexity index is 917. The summed E-state index contributed by atoms with van der Waals surface area (Å²) in [5.41, 5.74) is 1.21. The lowest BCUT2D eigenvalue weighted by molar-refractivity contribution is -0.122. The van der Waals surface area contributed by atoms with E-state index < -0.39 is 0 Å². The van der Waals surface area contributed by atoms with Gasteiger partial charge in [-0.05, 0) is 36.8 Å². The maximum absolute atomic E-state index is 13.8. The van der Waals surface area contributed by atoms with Crippen molar-refractivity contribution in [3.63, 3.8) is 0 Å². The molecule has 1 amide bonds. The number of amides is 1. The number of ether oxygens (including phenoxy) is 1. The molecule has 7 heteroatoms. The van der Waals surface area contributed by atoms with Gasteiger partial charge in [-0.15, -0.1) is 0 Å². The second kappa shape index (κ2) is 8.99. The van der Waals surface area contributed by atoms with Gasteiger partial charge in [0.2, 0.25) is 0 Å². The largest absolute Gasteiger partial charge is 0.488 e. The number of hydrogen-bond donors (Lipinski definition) is 0. The van der Waals surface area contributed by atoms with E-state index in [9.17, 15) is 9.18 Å². The standard InChI is InChI=1S/C20H17BrFNO2S2/c1-2-9-23-19(24)18(27-20(23)26)11-14-10-15(21)7-8-17(14)25-12-13-5-3-4-6-16(13)22/h3-8,10-11H,2,9,12H2,1H3/b18-11+. The monoisotopic (exact) mass is 465 g/mol. The highest BCUT2D eigenvalue weighted by Gasteiger charge is 2.31. The Morgan fingerprint density at radius 1 is 1.30 bits per heavy atom. The maximum Gasteiger partial charge on any atom is 0.266 e. The highest BCUT2D eigenvalue weighted by Crippen LogP contribution is 2.35. The molecule has 0 saturated carbocycles. The zero-order chi connectivity index (χ0) is 19.4. The van der Waals surface area contributed by atoms with Crippen molar-refractivity contribution in [1.29, 1.82) is 0 Å². The first-order valence-corrected chi connectivity index (χ1v) is 10.4. The third kappa shape index (κ3) is 4.78. The van der Waals surface area contributed by atoms with Crippen LogP contribution in [-0.4, -0.2) is 21.7 Å². The number of carbonyl (C=O) groups excluding carboxylic acids is 1. The minimum atomic E-state index is -0.309. The fraction of sp³-hybridized carbons (Fsp3) is 0.200. The normalized spacial score (nSPS) is 15.7. The first-order chi connectivity index (χ1) is 13.0. The number of benzene rings is 2. The third-order valence-corrected chi connectivity index (χ3v) is 5.79. The van der Waals surface area contributed by atoms with Crippen LogP contribution in [0.4, 0.5) is 4.39 Å². The molecule has 3 nitrogen and oxygen atoms in total. The summed E-state index contributed by atoms with van der Waals surface area (Å²) in [5.74, 6) is 0.172. The van der Waals surface area contributed by atoms with Crippen LogP contribution in [0.1, 0.15) is 24.5 Å². The summed E-state index contributed by atoms with van der Waals surface area (Å²) in [4.78, 5) is 14.8.